The van der Waals surface area contributed by atoms with Crippen LogP contribution >= 0.6 is 23.1 Å². The van der Waals surface area contributed by atoms with Crippen LogP contribution in [0.15, 0.2) is 35.5 Å². The first kappa shape index (κ1) is 25.6. The Bertz CT molecular complexity index is 1460. The summed E-state index contributed by atoms with van der Waals surface area (Å²) in [5.74, 6) is -1.63. The SMILES string of the molecule is COCCOC(=O)c1sc(NC(=O)CSc2nnc3cc(C)c4ccccc4n23)c(C(=O)OC)c1C. The maximum atomic E-state index is 12.9. The Balaban J connectivity index is 1.54. The number of nitrogens with zero attached hydrogens (tertiary/aromatic N) is 3. The Hall–Kier alpha value is -3.48. The highest BCUT2D eigenvalue weighted by Crippen LogP contribution is 2.34. The minimum absolute atomic E-state index is 0.00811. The van der Waals surface area contributed by atoms with Crippen molar-refractivity contribution in [2.24, 2.45) is 0 Å². The molecule has 1 N–H and O–H groups in total. The number of hydrogen-bond acceptors (Lipinski definition) is 10. The molecule has 0 bridgehead atoms. The van der Waals surface area contributed by atoms with E-state index < -0.39 is 11.9 Å². The molecule has 0 atom stereocenters. The molecule has 3 heterocycles. The molecule has 0 saturated heterocycles. The molecule has 36 heavy (non-hydrogen) atoms. The fourth-order valence-electron chi connectivity index (χ4n) is 3.69. The van der Waals surface area contributed by atoms with Crippen LogP contribution in [0.2, 0.25) is 0 Å². The number of thiophene rings is 1. The number of para-hydroxylation sites is 1. The largest absolute Gasteiger partial charge is 0.465 e. The van der Waals surface area contributed by atoms with Crippen molar-refractivity contribution in [2.45, 2.75) is 19.0 Å². The minimum atomic E-state index is -0.659. The summed E-state index contributed by atoms with van der Waals surface area (Å²) >= 11 is 2.18. The second-order valence-corrected chi connectivity index (χ2v) is 9.70. The number of esters is 2. The molecule has 4 aromatic rings. The number of carbonyl (C=O) groups is 3. The number of anilines is 1. The zero-order chi connectivity index (χ0) is 25.8. The lowest BCUT2D eigenvalue weighted by Gasteiger charge is -2.08. The van der Waals surface area contributed by atoms with Gasteiger partial charge in [0.2, 0.25) is 5.91 Å². The average Bonchev–Trinajstić information content (AvgIpc) is 3.43. The van der Waals surface area contributed by atoms with Crippen molar-refractivity contribution < 1.29 is 28.6 Å². The van der Waals surface area contributed by atoms with Crippen molar-refractivity contribution in [3.05, 3.63) is 51.9 Å². The van der Waals surface area contributed by atoms with E-state index in [1.54, 1.807) is 6.92 Å². The lowest BCUT2D eigenvalue weighted by Crippen LogP contribution is -2.16. The number of hydrogen-bond donors (Lipinski definition) is 1. The molecule has 0 unspecified atom stereocenters. The fraction of sp³-hybridized carbons (Fsp3) is 0.292. The summed E-state index contributed by atoms with van der Waals surface area (Å²) in [6.45, 7) is 3.93. The normalized spacial score (nSPS) is 11.1. The highest BCUT2D eigenvalue weighted by atomic mass is 32.2. The maximum Gasteiger partial charge on any atom is 0.348 e. The number of aryl methyl sites for hydroxylation is 1. The summed E-state index contributed by atoms with van der Waals surface area (Å²) < 4.78 is 16.8. The second-order valence-electron chi connectivity index (χ2n) is 7.74. The molecule has 188 valence electrons. The van der Waals surface area contributed by atoms with E-state index in [0.29, 0.717) is 16.4 Å². The minimum Gasteiger partial charge on any atom is -0.465 e. The van der Waals surface area contributed by atoms with E-state index in [-0.39, 0.29) is 40.3 Å². The van der Waals surface area contributed by atoms with Gasteiger partial charge in [0, 0.05) is 12.5 Å². The standard InChI is InChI=1S/C24H24N4O6S2/c1-13-11-17-26-27-24(28(17)16-8-6-5-7-15(13)16)35-12-18(29)25-21-19(22(30)33-4)14(2)20(36-21)23(31)34-10-9-32-3/h5-8,11H,9-10,12H2,1-4H3,(H,25,29). The monoisotopic (exact) mass is 528 g/mol. The fourth-order valence-corrected chi connectivity index (χ4v) is 5.55. The van der Waals surface area contributed by atoms with Crippen LogP contribution in [0.4, 0.5) is 5.00 Å². The van der Waals surface area contributed by atoms with Crippen molar-refractivity contribution in [2.75, 3.05) is 38.5 Å². The van der Waals surface area contributed by atoms with Crippen molar-refractivity contribution in [3.63, 3.8) is 0 Å². The number of aromatic nitrogens is 3. The summed E-state index contributed by atoms with van der Waals surface area (Å²) in [6, 6.07) is 9.86. The Morgan fingerprint density at radius 2 is 1.86 bits per heavy atom. The van der Waals surface area contributed by atoms with Gasteiger partial charge in [-0.05, 0) is 37.1 Å². The average molecular weight is 529 g/mol. The lowest BCUT2D eigenvalue weighted by atomic mass is 10.1. The molecule has 0 aliphatic carbocycles. The molecule has 10 nitrogen and oxygen atoms in total. The number of carbonyl (C=O) groups excluding carboxylic acids is 3. The van der Waals surface area contributed by atoms with Crippen LogP contribution in [0.25, 0.3) is 16.6 Å². The first-order valence-electron chi connectivity index (χ1n) is 10.9. The molecule has 0 aliphatic heterocycles. The zero-order valence-electron chi connectivity index (χ0n) is 20.1. The van der Waals surface area contributed by atoms with E-state index in [4.69, 9.17) is 14.2 Å². The molecule has 12 heteroatoms. The Morgan fingerprint density at radius 1 is 1.08 bits per heavy atom. The third kappa shape index (κ3) is 5.06. The molecule has 1 amide bonds. The van der Waals surface area contributed by atoms with Crippen LogP contribution in [0, 0.1) is 13.8 Å². The van der Waals surface area contributed by atoms with Gasteiger partial charge < -0.3 is 19.5 Å². The van der Waals surface area contributed by atoms with Gasteiger partial charge in [0.05, 0.1) is 30.5 Å². The first-order chi connectivity index (χ1) is 17.3. The van der Waals surface area contributed by atoms with E-state index >= 15 is 0 Å². The number of amides is 1. The second kappa shape index (κ2) is 11.1. The smallest absolute Gasteiger partial charge is 0.348 e. The Kier molecular flexibility index (Phi) is 7.87. The highest BCUT2D eigenvalue weighted by molar-refractivity contribution is 7.99. The number of fused-ring (bicyclic) bond motifs is 3. The highest BCUT2D eigenvalue weighted by Gasteiger charge is 2.27. The summed E-state index contributed by atoms with van der Waals surface area (Å²) in [6.07, 6.45) is 0. The third-order valence-electron chi connectivity index (χ3n) is 5.40. The molecule has 3 aromatic heterocycles. The predicted molar refractivity (Wildman–Crippen MR) is 137 cm³/mol. The Morgan fingerprint density at radius 3 is 2.61 bits per heavy atom. The van der Waals surface area contributed by atoms with Crippen molar-refractivity contribution in [1.29, 1.82) is 0 Å². The summed E-state index contributed by atoms with van der Waals surface area (Å²) in [5, 5.41) is 13.1. The molecular weight excluding hydrogens is 504 g/mol. The van der Waals surface area contributed by atoms with Gasteiger partial charge in [-0.2, -0.15) is 0 Å². The summed E-state index contributed by atoms with van der Waals surface area (Å²) in [4.78, 5) is 38.0. The molecule has 4 rings (SSSR count). The molecule has 0 fully saturated rings. The van der Waals surface area contributed by atoms with Gasteiger partial charge in [0.1, 0.15) is 16.5 Å². The Labute approximate surface area is 214 Å². The van der Waals surface area contributed by atoms with Crippen LogP contribution in [0.3, 0.4) is 0 Å². The number of methoxy groups -OCH3 is 2. The van der Waals surface area contributed by atoms with Gasteiger partial charge in [-0.3, -0.25) is 9.20 Å². The topological polar surface area (TPSA) is 121 Å². The predicted octanol–water partition coefficient (Wildman–Crippen LogP) is 3.88. The molecule has 0 spiro atoms. The van der Waals surface area contributed by atoms with Gasteiger partial charge in [-0.25, -0.2) is 9.59 Å². The van der Waals surface area contributed by atoms with Gasteiger partial charge in [-0.15, -0.1) is 21.5 Å². The van der Waals surface area contributed by atoms with E-state index in [1.807, 2.05) is 41.7 Å². The number of ether oxygens (including phenoxy) is 3. The number of pyridine rings is 1. The number of rotatable bonds is 9. The van der Waals surface area contributed by atoms with Crippen molar-refractivity contribution in [3.8, 4) is 0 Å². The lowest BCUT2D eigenvalue weighted by molar-refractivity contribution is -0.113. The first-order valence-corrected chi connectivity index (χ1v) is 12.7. The van der Waals surface area contributed by atoms with Crippen LogP contribution in [0.5, 0.6) is 0 Å². The van der Waals surface area contributed by atoms with Gasteiger partial charge in [0.25, 0.3) is 0 Å². The van der Waals surface area contributed by atoms with Crippen LogP contribution in [-0.2, 0) is 19.0 Å². The van der Waals surface area contributed by atoms with E-state index in [1.165, 1.54) is 26.0 Å². The maximum absolute atomic E-state index is 12.9. The molecule has 0 radical (unpaired) electrons. The molecule has 0 aliphatic rings. The van der Waals surface area contributed by atoms with Gasteiger partial charge >= 0.3 is 11.9 Å². The van der Waals surface area contributed by atoms with Crippen LogP contribution in [0.1, 0.15) is 31.2 Å². The quantitative estimate of drug-likeness (QED) is 0.196. The van der Waals surface area contributed by atoms with Gasteiger partial charge in [-0.1, -0.05) is 30.0 Å². The van der Waals surface area contributed by atoms with E-state index in [9.17, 15) is 14.4 Å². The van der Waals surface area contributed by atoms with Crippen LogP contribution < -0.4 is 5.32 Å². The van der Waals surface area contributed by atoms with E-state index in [2.05, 4.69) is 15.5 Å². The molecular formula is C24H24N4O6S2. The van der Waals surface area contributed by atoms with Crippen molar-refractivity contribution in [1.82, 2.24) is 14.6 Å². The molecule has 1 aromatic carbocycles. The summed E-state index contributed by atoms with van der Waals surface area (Å²) in [5.41, 5.74) is 3.21. The number of thioether (sulfide) groups is 1. The third-order valence-corrected chi connectivity index (χ3v) is 7.52. The number of benzene rings is 1. The number of nitrogens with one attached hydrogen (secondary N) is 1. The molecule has 0 saturated carbocycles. The van der Waals surface area contributed by atoms with Crippen molar-refractivity contribution >= 4 is 62.5 Å². The van der Waals surface area contributed by atoms with Crippen LogP contribution in [-0.4, -0.2) is 65.6 Å². The summed E-state index contributed by atoms with van der Waals surface area (Å²) in [7, 11) is 2.73. The zero-order valence-corrected chi connectivity index (χ0v) is 21.7. The van der Waals surface area contributed by atoms with Gasteiger partial charge in [0.15, 0.2) is 10.8 Å². The van der Waals surface area contributed by atoms with E-state index in [0.717, 1.165) is 27.8 Å².